The summed E-state index contributed by atoms with van der Waals surface area (Å²) in [5, 5.41) is 0. The van der Waals surface area contributed by atoms with Crippen LogP contribution in [0, 0.1) is 13.8 Å². The molecule has 0 spiro atoms. The highest BCUT2D eigenvalue weighted by atomic mass is 32.2. The van der Waals surface area contributed by atoms with Crippen LogP contribution in [0.15, 0.2) is 23.1 Å². The Labute approximate surface area is 162 Å². The van der Waals surface area contributed by atoms with E-state index < -0.39 is 15.6 Å². The molecule has 27 heavy (non-hydrogen) atoms. The number of piperazine rings is 1. The Morgan fingerprint density at radius 2 is 1.74 bits per heavy atom. The van der Waals surface area contributed by atoms with Gasteiger partial charge in [0.25, 0.3) is 0 Å². The predicted molar refractivity (Wildman–Crippen MR) is 105 cm³/mol. The summed E-state index contributed by atoms with van der Waals surface area (Å²) in [5.74, 6) is 0. The van der Waals surface area contributed by atoms with E-state index in [2.05, 4.69) is 9.62 Å². The molecular formula is C19H31N3O4S. The molecule has 1 aromatic rings. The average molecular weight is 398 g/mol. The van der Waals surface area contributed by atoms with Gasteiger partial charge in [0.05, 0.1) is 4.90 Å². The number of rotatable bonds is 5. The molecule has 1 amide bonds. The first kappa shape index (κ1) is 21.7. The van der Waals surface area contributed by atoms with E-state index in [1.54, 1.807) is 17.0 Å². The minimum atomic E-state index is -3.51. The second-order valence-corrected chi connectivity index (χ2v) is 9.72. The van der Waals surface area contributed by atoms with Crippen molar-refractivity contribution in [2.24, 2.45) is 0 Å². The molecule has 8 heteroatoms. The molecule has 1 heterocycles. The van der Waals surface area contributed by atoms with Crippen LogP contribution >= 0.6 is 0 Å². The maximum atomic E-state index is 12.4. The van der Waals surface area contributed by atoms with Crippen molar-refractivity contribution in [2.45, 2.75) is 45.1 Å². The van der Waals surface area contributed by atoms with Gasteiger partial charge in [-0.3, -0.25) is 4.90 Å². The van der Waals surface area contributed by atoms with Crippen molar-refractivity contribution < 1.29 is 17.9 Å². The summed E-state index contributed by atoms with van der Waals surface area (Å²) in [7, 11) is -3.51. The van der Waals surface area contributed by atoms with Crippen LogP contribution in [0.1, 0.15) is 31.9 Å². The number of carbonyl (C=O) groups excluding carboxylic acids is 1. The van der Waals surface area contributed by atoms with Crippen LogP contribution in [0.25, 0.3) is 0 Å². The Balaban J connectivity index is 1.78. The van der Waals surface area contributed by atoms with Gasteiger partial charge in [-0.2, -0.15) is 0 Å². The molecule has 0 radical (unpaired) electrons. The highest BCUT2D eigenvalue weighted by Gasteiger charge is 2.25. The van der Waals surface area contributed by atoms with Crippen molar-refractivity contribution in [2.75, 3.05) is 39.3 Å². The van der Waals surface area contributed by atoms with Crippen LogP contribution < -0.4 is 4.72 Å². The topological polar surface area (TPSA) is 79.0 Å². The molecule has 1 aliphatic rings. The quantitative estimate of drug-likeness (QED) is 0.823. The van der Waals surface area contributed by atoms with Crippen molar-refractivity contribution in [3.8, 4) is 0 Å². The van der Waals surface area contributed by atoms with Crippen molar-refractivity contribution in [3.05, 3.63) is 29.3 Å². The van der Waals surface area contributed by atoms with Crippen LogP contribution in [0.2, 0.25) is 0 Å². The van der Waals surface area contributed by atoms with Crippen LogP contribution in [-0.2, 0) is 14.8 Å². The first-order chi connectivity index (χ1) is 12.5. The van der Waals surface area contributed by atoms with Gasteiger partial charge in [-0.05, 0) is 57.9 Å². The molecule has 0 atom stereocenters. The second kappa shape index (κ2) is 8.58. The third-order valence-corrected chi connectivity index (χ3v) is 5.99. The maximum Gasteiger partial charge on any atom is 0.410 e. The van der Waals surface area contributed by atoms with E-state index in [1.807, 2.05) is 40.7 Å². The number of carbonyl (C=O) groups is 1. The summed E-state index contributed by atoms with van der Waals surface area (Å²) < 4.78 is 32.9. The molecule has 0 aliphatic carbocycles. The number of sulfonamides is 1. The minimum absolute atomic E-state index is 0.292. The van der Waals surface area contributed by atoms with Crippen LogP contribution in [-0.4, -0.2) is 69.2 Å². The standard InChI is InChI=1S/C19H31N3O4S/c1-15-6-7-17(14-16(15)2)27(24,25)20-8-9-21-10-12-22(13-11-21)18(23)26-19(3,4)5/h6-7,14,20H,8-13H2,1-5H3. The lowest BCUT2D eigenvalue weighted by Crippen LogP contribution is -2.51. The van der Waals surface area contributed by atoms with Crippen molar-refractivity contribution >= 4 is 16.1 Å². The van der Waals surface area contributed by atoms with Crippen molar-refractivity contribution in [3.63, 3.8) is 0 Å². The molecule has 0 bridgehead atoms. The molecule has 0 unspecified atom stereocenters. The Bertz CT molecular complexity index is 764. The van der Waals surface area contributed by atoms with Crippen molar-refractivity contribution in [1.82, 2.24) is 14.5 Å². The normalized spacial score (nSPS) is 16.4. The van der Waals surface area contributed by atoms with Gasteiger partial charge in [-0.15, -0.1) is 0 Å². The van der Waals surface area contributed by atoms with Gasteiger partial charge >= 0.3 is 6.09 Å². The zero-order valence-corrected chi connectivity index (χ0v) is 17.7. The molecule has 2 rings (SSSR count). The fourth-order valence-corrected chi connectivity index (χ4v) is 3.89. The summed E-state index contributed by atoms with van der Waals surface area (Å²) in [4.78, 5) is 16.2. The molecule has 1 aliphatic heterocycles. The van der Waals surface area contributed by atoms with E-state index in [0.717, 1.165) is 11.1 Å². The molecule has 0 aromatic heterocycles. The Hall–Kier alpha value is -1.64. The highest BCUT2D eigenvalue weighted by Crippen LogP contribution is 2.15. The number of aryl methyl sites for hydroxylation is 2. The summed E-state index contributed by atoms with van der Waals surface area (Å²) in [6.45, 7) is 12.9. The summed E-state index contributed by atoms with van der Waals surface area (Å²) >= 11 is 0. The highest BCUT2D eigenvalue weighted by molar-refractivity contribution is 7.89. The summed E-state index contributed by atoms with van der Waals surface area (Å²) in [5.41, 5.74) is 1.52. The van der Waals surface area contributed by atoms with Crippen LogP contribution in [0.3, 0.4) is 0 Å². The van der Waals surface area contributed by atoms with Crippen LogP contribution in [0.5, 0.6) is 0 Å². The SMILES string of the molecule is Cc1ccc(S(=O)(=O)NCCN2CCN(C(=O)OC(C)(C)C)CC2)cc1C. The number of amides is 1. The molecule has 1 fully saturated rings. The van der Waals surface area contributed by atoms with Gasteiger partial charge in [0.2, 0.25) is 10.0 Å². The van der Waals surface area contributed by atoms with E-state index in [9.17, 15) is 13.2 Å². The molecular weight excluding hydrogens is 366 g/mol. The minimum Gasteiger partial charge on any atom is -0.444 e. The number of hydrogen-bond acceptors (Lipinski definition) is 5. The molecule has 1 N–H and O–H groups in total. The lowest BCUT2D eigenvalue weighted by Gasteiger charge is -2.35. The van der Waals surface area contributed by atoms with E-state index >= 15 is 0 Å². The van der Waals surface area contributed by atoms with Gasteiger partial charge in [0.1, 0.15) is 5.60 Å². The fraction of sp³-hybridized carbons (Fsp3) is 0.632. The molecule has 7 nitrogen and oxygen atoms in total. The first-order valence-electron chi connectivity index (χ1n) is 9.25. The number of ether oxygens (including phenoxy) is 1. The van der Waals surface area contributed by atoms with Gasteiger partial charge in [-0.1, -0.05) is 6.07 Å². The lowest BCUT2D eigenvalue weighted by atomic mass is 10.1. The van der Waals surface area contributed by atoms with Crippen LogP contribution in [0.4, 0.5) is 4.79 Å². The van der Waals surface area contributed by atoms with Gasteiger partial charge in [0, 0.05) is 39.3 Å². The number of benzene rings is 1. The number of nitrogens with zero attached hydrogens (tertiary/aromatic N) is 2. The van der Waals surface area contributed by atoms with E-state index in [4.69, 9.17) is 4.74 Å². The summed E-state index contributed by atoms with van der Waals surface area (Å²) in [6, 6.07) is 5.14. The summed E-state index contributed by atoms with van der Waals surface area (Å²) in [6.07, 6.45) is -0.294. The van der Waals surface area contributed by atoms with Crippen molar-refractivity contribution in [1.29, 1.82) is 0 Å². The Morgan fingerprint density at radius 3 is 2.30 bits per heavy atom. The third-order valence-electron chi connectivity index (χ3n) is 4.53. The smallest absolute Gasteiger partial charge is 0.410 e. The van der Waals surface area contributed by atoms with E-state index in [1.165, 1.54) is 0 Å². The first-order valence-corrected chi connectivity index (χ1v) is 10.7. The van der Waals surface area contributed by atoms with E-state index in [-0.39, 0.29) is 6.09 Å². The second-order valence-electron chi connectivity index (χ2n) is 7.95. The van der Waals surface area contributed by atoms with Gasteiger partial charge in [0.15, 0.2) is 0 Å². The van der Waals surface area contributed by atoms with Gasteiger partial charge in [-0.25, -0.2) is 17.9 Å². The zero-order chi connectivity index (χ0) is 20.2. The lowest BCUT2D eigenvalue weighted by molar-refractivity contribution is 0.0147. The Morgan fingerprint density at radius 1 is 1.11 bits per heavy atom. The molecule has 152 valence electrons. The monoisotopic (exact) mass is 397 g/mol. The molecule has 1 aromatic carbocycles. The largest absolute Gasteiger partial charge is 0.444 e. The molecule has 0 saturated carbocycles. The van der Waals surface area contributed by atoms with E-state index in [0.29, 0.717) is 44.2 Å². The average Bonchev–Trinajstić information content (AvgIpc) is 2.56. The number of nitrogens with one attached hydrogen (secondary N) is 1. The Kier molecular flexibility index (Phi) is 6.88. The fourth-order valence-electron chi connectivity index (χ4n) is 2.78. The zero-order valence-electron chi connectivity index (χ0n) is 16.9. The predicted octanol–water partition coefficient (Wildman–Crippen LogP) is 2.13. The maximum absolute atomic E-state index is 12.4. The molecule has 1 saturated heterocycles. The third kappa shape index (κ3) is 6.48. The number of hydrogen-bond donors (Lipinski definition) is 1. The van der Waals surface area contributed by atoms with Gasteiger partial charge < -0.3 is 9.64 Å².